The number of aryl methyl sites for hydroxylation is 1. The van der Waals surface area contributed by atoms with E-state index in [9.17, 15) is 4.79 Å². The third-order valence-electron chi connectivity index (χ3n) is 4.92. The largest absolute Gasteiger partial charge is 0.324 e. The van der Waals surface area contributed by atoms with Crippen LogP contribution in [0.25, 0.3) is 0 Å². The number of hydrogen-bond donors (Lipinski definition) is 0. The van der Waals surface area contributed by atoms with E-state index in [0.29, 0.717) is 5.25 Å². The molecule has 23 heavy (non-hydrogen) atoms. The maximum absolute atomic E-state index is 12.7. The van der Waals surface area contributed by atoms with Gasteiger partial charge in [0.2, 0.25) is 0 Å². The van der Waals surface area contributed by atoms with Crippen LogP contribution in [0.3, 0.4) is 0 Å². The Kier molecular flexibility index (Phi) is 5.49. The van der Waals surface area contributed by atoms with Gasteiger partial charge < -0.3 is 14.7 Å². The van der Waals surface area contributed by atoms with Crippen LogP contribution in [-0.2, 0) is 0 Å². The third kappa shape index (κ3) is 4.01. The van der Waals surface area contributed by atoms with Gasteiger partial charge in [0, 0.05) is 50.3 Å². The normalized spacial score (nSPS) is 23.7. The Morgan fingerprint density at radius 2 is 1.74 bits per heavy atom. The van der Waals surface area contributed by atoms with Crippen LogP contribution < -0.4 is 0 Å². The number of piperazine rings is 1. The molecule has 5 heteroatoms. The van der Waals surface area contributed by atoms with Gasteiger partial charge in [-0.3, -0.25) is 0 Å². The fraction of sp³-hybridized carbons (Fsp3) is 0.611. The summed E-state index contributed by atoms with van der Waals surface area (Å²) in [6.07, 6.45) is 1.05. The third-order valence-corrected chi connectivity index (χ3v) is 6.23. The second kappa shape index (κ2) is 7.58. The minimum atomic E-state index is 0.240. The van der Waals surface area contributed by atoms with Crippen molar-refractivity contribution in [3.8, 4) is 0 Å². The minimum Gasteiger partial charge on any atom is -0.324 e. The van der Waals surface area contributed by atoms with Gasteiger partial charge >= 0.3 is 6.03 Å². The summed E-state index contributed by atoms with van der Waals surface area (Å²) in [6.45, 7) is 7.63. The first kappa shape index (κ1) is 16.7. The second-order valence-corrected chi connectivity index (χ2v) is 7.88. The zero-order valence-electron chi connectivity index (χ0n) is 14.2. The molecule has 0 saturated carbocycles. The molecule has 1 unspecified atom stereocenters. The number of urea groups is 1. The predicted molar refractivity (Wildman–Crippen MR) is 97.0 cm³/mol. The maximum Gasteiger partial charge on any atom is 0.320 e. The van der Waals surface area contributed by atoms with Gasteiger partial charge in [-0.15, -0.1) is 0 Å². The molecule has 0 radical (unpaired) electrons. The fourth-order valence-corrected chi connectivity index (χ4v) is 4.68. The lowest BCUT2D eigenvalue weighted by molar-refractivity contribution is 0.124. The van der Waals surface area contributed by atoms with Crippen LogP contribution in [0.4, 0.5) is 4.79 Å². The first-order valence-electron chi connectivity index (χ1n) is 8.54. The first-order valence-corrected chi connectivity index (χ1v) is 9.59. The van der Waals surface area contributed by atoms with E-state index in [4.69, 9.17) is 0 Å². The Bertz CT molecular complexity index is 543. The molecule has 0 spiro atoms. The topological polar surface area (TPSA) is 26.8 Å². The highest BCUT2D eigenvalue weighted by atomic mass is 32.2. The van der Waals surface area contributed by atoms with Crippen molar-refractivity contribution in [3.63, 3.8) is 0 Å². The van der Waals surface area contributed by atoms with E-state index >= 15 is 0 Å². The highest BCUT2D eigenvalue weighted by Crippen LogP contribution is 2.36. The SMILES string of the molecule is Cc1ccccc1C1CCN(C(=O)N2CCN(C)CC2)CCS1. The summed E-state index contributed by atoms with van der Waals surface area (Å²) in [6, 6.07) is 8.90. The predicted octanol–water partition coefficient (Wildman–Crippen LogP) is 2.84. The monoisotopic (exact) mass is 333 g/mol. The lowest BCUT2D eigenvalue weighted by Gasteiger charge is -2.35. The molecule has 2 heterocycles. The molecule has 2 saturated heterocycles. The molecule has 0 bridgehead atoms. The fourth-order valence-electron chi connectivity index (χ4n) is 3.36. The summed E-state index contributed by atoms with van der Waals surface area (Å²) >= 11 is 2.00. The number of carbonyl (C=O) groups is 1. The van der Waals surface area contributed by atoms with E-state index in [0.717, 1.165) is 51.4 Å². The lowest BCUT2D eigenvalue weighted by atomic mass is 10.0. The number of hydrogen-bond acceptors (Lipinski definition) is 3. The van der Waals surface area contributed by atoms with Crippen LogP contribution in [0.5, 0.6) is 0 Å². The van der Waals surface area contributed by atoms with Crippen molar-refractivity contribution in [1.29, 1.82) is 0 Å². The average molecular weight is 334 g/mol. The van der Waals surface area contributed by atoms with Crippen LogP contribution >= 0.6 is 11.8 Å². The molecule has 2 amide bonds. The van der Waals surface area contributed by atoms with Gasteiger partial charge in [-0.25, -0.2) is 4.79 Å². The van der Waals surface area contributed by atoms with Gasteiger partial charge in [0.05, 0.1) is 0 Å². The van der Waals surface area contributed by atoms with Gasteiger partial charge in [-0.1, -0.05) is 24.3 Å². The van der Waals surface area contributed by atoms with Crippen molar-refractivity contribution in [2.75, 3.05) is 52.1 Å². The van der Waals surface area contributed by atoms with E-state index in [1.807, 2.05) is 16.7 Å². The first-order chi connectivity index (χ1) is 11.1. The number of thioether (sulfide) groups is 1. The van der Waals surface area contributed by atoms with Crippen LogP contribution in [0, 0.1) is 6.92 Å². The van der Waals surface area contributed by atoms with E-state index in [2.05, 4.69) is 48.0 Å². The Labute approximate surface area is 143 Å². The zero-order valence-corrected chi connectivity index (χ0v) is 15.0. The smallest absolute Gasteiger partial charge is 0.320 e. The van der Waals surface area contributed by atoms with Crippen molar-refractivity contribution in [3.05, 3.63) is 35.4 Å². The van der Waals surface area contributed by atoms with Crippen molar-refractivity contribution in [2.24, 2.45) is 0 Å². The highest BCUT2D eigenvalue weighted by molar-refractivity contribution is 7.99. The summed E-state index contributed by atoms with van der Waals surface area (Å²) in [5.74, 6) is 1.03. The molecule has 4 nitrogen and oxygen atoms in total. The lowest BCUT2D eigenvalue weighted by Crippen LogP contribution is -2.52. The number of rotatable bonds is 1. The number of amides is 2. The zero-order chi connectivity index (χ0) is 16.2. The minimum absolute atomic E-state index is 0.240. The van der Waals surface area contributed by atoms with Crippen LogP contribution in [0.1, 0.15) is 22.8 Å². The van der Waals surface area contributed by atoms with E-state index in [-0.39, 0.29) is 6.03 Å². The van der Waals surface area contributed by atoms with E-state index in [1.165, 1.54) is 11.1 Å². The van der Waals surface area contributed by atoms with Crippen LogP contribution in [0.15, 0.2) is 24.3 Å². The Morgan fingerprint density at radius 3 is 2.48 bits per heavy atom. The summed E-state index contributed by atoms with van der Waals surface area (Å²) in [5.41, 5.74) is 2.80. The Morgan fingerprint density at radius 1 is 1.04 bits per heavy atom. The molecule has 2 fully saturated rings. The molecule has 126 valence electrons. The molecular weight excluding hydrogens is 306 g/mol. The molecule has 0 N–H and O–H groups in total. The molecule has 1 aromatic rings. The highest BCUT2D eigenvalue weighted by Gasteiger charge is 2.27. The number of nitrogens with zero attached hydrogens (tertiary/aromatic N) is 3. The number of benzene rings is 1. The molecule has 0 aromatic heterocycles. The van der Waals surface area contributed by atoms with Crippen LogP contribution in [-0.4, -0.2) is 72.8 Å². The molecular formula is C18H27N3OS. The van der Waals surface area contributed by atoms with Gasteiger partial charge in [-0.05, 0) is 31.5 Å². The van der Waals surface area contributed by atoms with E-state index < -0.39 is 0 Å². The van der Waals surface area contributed by atoms with E-state index in [1.54, 1.807) is 0 Å². The van der Waals surface area contributed by atoms with Crippen molar-refractivity contribution in [2.45, 2.75) is 18.6 Å². The summed E-state index contributed by atoms with van der Waals surface area (Å²) in [5, 5.41) is 0.515. The Balaban J connectivity index is 1.60. The van der Waals surface area contributed by atoms with Crippen molar-refractivity contribution >= 4 is 17.8 Å². The molecule has 2 aliphatic heterocycles. The molecule has 3 rings (SSSR count). The van der Waals surface area contributed by atoms with Gasteiger partial charge in [-0.2, -0.15) is 11.8 Å². The standard InChI is InChI=1S/C18H27N3OS/c1-15-5-3-4-6-16(15)17-7-8-20(13-14-23-17)18(22)21-11-9-19(2)10-12-21/h3-6,17H,7-14H2,1-2H3. The molecule has 1 atom stereocenters. The number of likely N-dealkylation sites (N-methyl/N-ethyl adjacent to an activating group) is 1. The average Bonchev–Trinajstić information content (AvgIpc) is 2.81. The van der Waals surface area contributed by atoms with Gasteiger partial charge in [0.1, 0.15) is 0 Å². The Hall–Kier alpha value is -1.20. The van der Waals surface area contributed by atoms with Gasteiger partial charge in [0.25, 0.3) is 0 Å². The summed E-state index contributed by atoms with van der Waals surface area (Å²) < 4.78 is 0. The quantitative estimate of drug-likeness (QED) is 0.791. The van der Waals surface area contributed by atoms with Gasteiger partial charge in [0.15, 0.2) is 0 Å². The maximum atomic E-state index is 12.7. The number of carbonyl (C=O) groups excluding carboxylic acids is 1. The van der Waals surface area contributed by atoms with Crippen molar-refractivity contribution < 1.29 is 4.79 Å². The molecule has 1 aromatic carbocycles. The molecule has 0 aliphatic carbocycles. The second-order valence-electron chi connectivity index (χ2n) is 6.56. The van der Waals surface area contributed by atoms with Crippen LogP contribution in [0.2, 0.25) is 0 Å². The van der Waals surface area contributed by atoms with Crippen molar-refractivity contribution in [1.82, 2.24) is 14.7 Å². The summed E-state index contributed by atoms with van der Waals surface area (Å²) in [4.78, 5) is 19.1. The summed E-state index contributed by atoms with van der Waals surface area (Å²) in [7, 11) is 2.12. The molecule has 2 aliphatic rings.